The fraction of sp³-hybridized carbons (Fsp3) is 0. The summed E-state index contributed by atoms with van der Waals surface area (Å²) in [6.07, 6.45) is 0. The highest BCUT2D eigenvalue weighted by molar-refractivity contribution is 8.01. The first kappa shape index (κ1) is 26.0. The number of nitrogens with zero attached hydrogens (tertiary/aromatic N) is 2. The Hall–Kier alpha value is -5.10. The molecule has 218 valence electrons. The van der Waals surface area contributed by atoms with Gasteiger partial charge >= 0.3 is 0 Å². The van der Waals surface area contributed by atoms with Gasteiger partial charge in [0, 0.05) is 52.5 Å². The molecule has 2 aliphatic rings. The molecule has 2 aliphatic heterocycles. The van der Waals surface area contributed by atoms with E-state index >= 15 is 0 Å². The Morgan fingerprint density at radius 1 is 0.362 bits per heavy atom. The molecular weight excluding hydrogens is 607 g/mol. The van der Waals surface area contributed by atoms with Crippen molar-refractivity contribution in [1.82, 2.24) is 9.13 Å². The first-order valence-corrected chi connectivity index (χ1v) is 17.7. The van der Waals surface area contributed by atoms with E-state index in [1.54, 1.807) is 0 Å². The van der Waals surface area contributed by atoms with Gasteiger partial charge in [0.25, 0.3) is 0 Å². The van der Waals surface area contributed by atoms with Crippen LogP contribution in [0.2, 0.25) is 0 Å². The lowest BCUT2D eigenvalue weighted by atomic mass is 9.36. The van der Waals surface area contributed by atoms with Gasteiger partial charge in [-0.15, -0.1) is 0 Å². The van der Waals surface area contributed by atoms with Crippen molar-refractivity contribution in [1.29, 1.82) is 0 Å². The summed E-state index contributed by atoms with van der Waals surface area (Å²) >= 11 is 3.86. The third kappa shape index (κ3) is 3.61. The third-order valence-corrected chi connectivity index (χ3v) is 12.3. The largest absolute Gasteiger partial charge is 0.309 e. The van der Waals surface area contributed by atoms with Gasteiger partial charge in [-0.25, -0.2) is 0 Å². The van der Waals surface area contributed by atoms with Gasteiger partial charge in [-0.3, -0.25) is 0 Å². The number of aromatic nitrogens is 2. The molecule has 0 fully saturated rings. The summed E-state index contributed by atoms with van der Waals surface area (Å²) in [6.45, 7) is 0.145. The van der Waals surface area contributed by atoms with Crippen molar-refractivity contribution in [3.8, 4) is 11.4 Å². The average Bonchev–Trinajstić information content (AvgIpc) is 3.62. The highest BCUT2D eigenvalue weighted by Gasteiger charge is 2.39. The minimum absolute atomic E-state index is 0.145. The SMILES string of the molecule is c1ccc(-n2c3ccccc3c3cc4c(cc32)B2c3cc5c(cc3Sc3cccc(c32)S4)c2ccccc2n5-c2ccccc2)cc1. The smallest absolute Gasteiger partial charge is 0.247 e. The summed E-state index contributed by atoms with van der Waals surface area (Å²) in [6, 6.07) is 56.2. The van der Waals surface area contributed by atoms with Crippen LogP contribution in [0.15, 0.2) is 171 Å². The van der Waals surface area contributed by atoms with E-state index in [9.17, 15) is 0 Å². The maximum Gasteiger partial charge on any atom is 0.247 e. The van der Waals surface area contributed by atoms with E-state index in [2.05, 4.69) is 161 Å². The van der Waals surface area contributed by atoms with Crippen LogP contribution in [-0.4, -0.2) is 15.8 Å². The Morgan fingerprint density at radius 2 is 0.809 bits per heavy atom. The molecule has 2 nitrogen and oxygen atoms in total. The van der Waals surface area contributed by atoms with Crippen LogP contribution in [0.3, 0.4) is 0 Å². The zero-order valence-corrected chi connectivity index (χ0v) is 26.9. The van der Waals surface area contributed by atoms with Crippen LogP contribution in [-0.2, 0) is 0 Å². The maximum atomic E-state index is 2.51. The summed E-state index contributed by atoms with van der Waals surface area (Å²) in [7, 11) is 0. The Kier molecular flexibility index (Phi) is 5.38. The molecule has 9 aromatic rings. The molecule has 0 saturated carbocycles. The Bertz CT molecular complexity index is 2560. The number of hydrogen-bond acceptors (Lipinski definition) is 2. The molecule has 0 N–H and O–H groups in total. The van der Waals surface area contributed by atoms with E-state index in [0.29, 0.717) is 0 Å². The lowest BCUT2D eigenvalue weighted by Gasteiger charge is -2.33. The molecule has 0 spiro atoms. The number of rotatable bonds is 2. The van der Waals surface area contributed by atoms with Gasteiger partial charge in [0.1, 0.15) is 0 Å². The van der Waals surface area contributed by atoms with E-state index in [1.165, 1.54) is 91.0 Å². The molecule has 4 heterocycles. The van der Waals surface area contributed by atoms with Crippen molar-refractivity contribution >= 4 is 90.2 Å². The monoisotopic (exact) mass is 632 g/mol. The number of hydrogen-bond donors (Lipinski definition) is 0. The van der Waals surface area contributed by atoms with Crippen molar-refractivity contribution in [3.05, 3.63) is 152 Å². The molecule has 0 amide bonds. The molecule has 7 aromatic carbocycles. The normalized spacial score (nSPS) is 13.3. The van der Waals surface area contributed by atoms with Crippen molar-refractivity contribution < 1.29 is 0 Å². The molecule has 0 atom stereocenters. The first-order valence-electron chi connectivity index (χ1n) is 16.1. The second-order valence-corrected chi connectivity index (χ2v) is 14.7. The molecule has 0 radical (unpaired) electrons. The summed E-state index contributed by atoms with van der Waals surface area (Å²) in [5.41, 5.74) is 11.6. The molecule has 0 saturated heterocycles. The van der Waals surface area contributed by atoms with Crippen LogP contribution < -0.4 is 16.4 Å². The highest BCUT2D eigenvalue weighted by atomic mass is 32.2. The Balaban J connectivity index is 1.24. The van der Waals surface area contributed by atoms with Crippen molar-refractivity contribution in [3.63, 3.8) is 0 Å². The molecule has 11 rings (SSSR count). The van der Waals surface area contributed by atoms with Crippen molar-refractivity contribution in [2.24, 2.45) is 0 Å². The van der Waals surface area contributed by atoms with Gasteiger partial charge in [0.15, 0.2) is 0 Å². The van der Waals surface area contributed by atoms with E-state index in [4.69, 9.17) is 0 Å². The Morgan fingerprint density at radius 3 is 1.30 bits per heavy atom. The van der Waals surface area contributed by atoms with Crippen molar-refractivity contribution in [2.45, 2.75) is 19.6 Å². The van der Waals surface area contributed by atoms with Gasteiger partial charge < -0.3 is 9.13 Å². The van der Waals surface area contributed by atoms with Gasteiger partial charge in [-0.2, -0.15) is 0 Å². The molecule has 0 bridgehead atoms. The lowest BCUT2D eigenvalue weighted by molar-refractivity contribution is 1.18. The topological polar surface area (TPSA) is 9.86 Å². The second kappa shape index (κ2) is 9.71. The fourth-order valence-electron chi connectivity index (χ4n) is 8.06. The van der Waals surface area contributed by atoms with Gasteiger partial charge in [-0.1, -0.05) is 113 Å². The Labute approximate surface area is 280 Å². The number of benzene rings is 7. The standard InChI is InChI=1S/C42H25BN2S2/c1-3-12-26(13-4-1)44-34-18-9-7-16-28(34)30-22-40-32(24-36(30)44)43-33-25-37-31(23-41(33)47-39-21-11-20-38(46-40)42(39)43)29-17-8-10-19-35(29)45(37)27-14-5-2-6-15-27/h1-25H. The van der Waals surface area contributed by atoms with Gasteiger partial charge in [-0.05, 0) is 78.3 Å². The maximum absolute atomic E-state index is 2.51. The predicted octanol–water partition coefficient (Wildman–Crippen LogP) is 9.33. The minimum atomic E-state index is 0.145. The zero-order valence-electron chi connectivity index (χ0n) is 25.2. The second-order valence-electron chi connectivity index (χ2n) is 12.5. The predicted molar refractivity (Wildman–Crippen MR) is 201 cm³/mol. The zero-order chi connectivity index (χ0) is 30.6. The first-order chi connectivity index (χ1) is 23.3. The summed E-state index contributed by atoms with van der Waals surface area (Å²) < 4.78 is 4.90. The molecule has 0 unspecified atom stereocenters. The van der Waals surface area contributed by atoms with E-state index < -0.39 is 0 Å². The third-order valence-electron chi connectivity index (χ3n) is 10.0. The van der Waals surface area contributed by atoms with Crippen LogP contribution in [0.4, 0.5) is 0 Å². The summed E-state index contributed by atoms with van der Waals surface area (Å²) in [4.78, 5) is 5.44. The van der Waals surface area contributed by atoms with E-state index in [1.807, 2.05) is 23.5 Å². The molecule has 47 heavy (non-hydrogen) atoms. The quantitative estimate of drug-likeness (QED) is 0.176. The average molecular weight is 633 g/mol. The number of fused-ring (bicyclic) bond motifs is 10. The van der Waals surface area contributed by atoms with Crippen LogP contribution in [0.25, 0.3) is 55.0 Å². The fourth-order valence-corrected chi connectivity index (χ4v) is 10.5. The number of para-hydroxylation sites is 4. The van der Waals surface area contributed by atoms with Gasteiger partial charge in [0.2, 0.25) is 6.71 Å². The van der Waals surface area contributed by atoms with Crippen LogP contribution in [0, 0.1) is 0 Å². The molecular formula is C42H25BN2S2. The summed E-state index contributed by atoms with van der Waals surface area (Å²) in [5, 5.41) is 5.20. The van der Waals surface area contributed by atoms with E-state index in [-0.39, 0.29) is 6.71 Å². The van der Waals surface area contributed by atoms with Crippen molar-refractivity contribution in [2.75, 3.05) is 0 Å². The minimum Gasteiger partial charge on any atom is -0.309 e. The highest BCUT2D eigenvalue weighted by Crippen LogP contribution is 2.43. The molecule has 0 aliphatic carbocycles. The molecule has 5 heteroatoms. The lowest BCUT2D eigenvalue weighted by Crippen LogP contribution is -2.58. The van der Waals surface area contributed by atoms with E-state index in [0.717, 1.165) is 0 Å². The van der Waals surface area contributed by atoms with Gasteiger partial charge in [0.05, 0.1) is 22.1 Å². The van der Waals surface area contributed by atoms with Crippen LogP contribution in [0.5, 0.6) is 0 Å². The molecule has 2 aromatic heterocycles. The van der Waals surface area contributed by atoms with Crippen LogP contribution in [0.1, 0.15) is 0 Å². The van der Waals surface area contributed by atoms with Crippen LogP contribution >= 0.6 is 23.5 Å². The summed E-state index contributed by atoms with van der Waals surface area (Å²) in [5.74, 6) is 0.